The van der Waals surface area contributed by atoms with Crippen molar-refractivity contribution in [2.24, 2.45) is 7.05 Å². The molecule has 0 aliphatic rings. The summed E-state index contributed by atoms with van der Waals surface area (Å²) in [4.78, 5) is 0. The maximum Gasteiger partial charge on any atom is 0.122 e. The molecule has 4 nitrogen and oxygen atoms in total. The summed E-state index contributed by atoms with van der Waals surface area (Å²) in [5, 5.41) is 8.23. The minimum absolute atomic E-state index is 0.167. The molecule has 0 radical (unpaired) electrons. The van der Waals surface area contributed by atoms with Crippen LogP contribution in [0.4, 0.5) is 0 Å². The molecule has 0 saturated heterocycles. The predicted molar refractivity (Wildman–Crippen MR) is 76.7 cm³/mol. The highest BCUT2D eigenvalue weighted by Gasteiger charge is 2.16. The molecule has 102 valence electrons. The molecule has 0 fully saturated rings. The van der Waals surface area contributed by atoms with E-state index in [2.05, 4.69) is 10.4 Å². The number of aromatic nitrogens is 2. The van der Waals surface area contributed by atoms with E-state index in [1.807, 2.05) is 43.0 Å². The van der Waals surface area contributed by atoms with Crippen molar-refractivity contribution in [2.45, 2.75) is 12.5 Å². The average Bonchev–Trinajstić information content (AvgIpc) is 2.82. The number of rotatable bonds is 5. The number of methoxy groups -OCH3 is 1. The van der Waals surface area contributed by atoms with E-state index in [0.29, 0.717) is 0 Å². The van der Waals surface area contributed by atoms with Crippen LogP contribution < -0.4 is 10.1 Å². The van der Waals surface area contributed by atoms with E-state index in [9.17, 15) is 0 Å². The van der Waals surface area contributed by atoms with Crippen molar-refractivity contribution >= 4 is 11.6 Å². The Morgan fingerprint density at radius 2 is 2.21 bits per heavy atom. The van der Waals surface area contributed by atoms with Gasteiger partial charge in [0.2, 0.25) is 0 Å². The Kier molecular flexibility index (Phi) is 4.45. The van der Waals surface area contributed by atoms with Crippen LogP contribution in [0.25, 0.3) is 0 Å². The van der Waals surface area contributed by atoms with Crippen molar-refractivity contribution in [1.82, 2.24) is 15.1 Å². The zero-order chi connectivity index (χ0) is 13.8. The topological polar surface area (TPSA) is 39.1 Å². The highest BCUT2D eigenvalue weighted by atomic mass is 35.5. The Balaban J connectivity index is 2.28. The minimum Gasteiger partial charge on any atom is -0.496 e. The molecule has 1 atom stereocenters. The summed E-state index contributed by atoms with van der Waals surface area (Å²) in [5.74, 6) is 0.854. The largest absolute Gasteiger partial charge is 0.496 e. The van der Waals surface area contributed by atoms with Crippen LogP contribution in [0.5, 0.6) is 5.75 Å². The molecule has 19 heavy (non-hydrogen) atoms. The molecule has 0 amide bonds. The van der Waals surface area contributed by atoms with Gasteiger partial charge in [0.25, 0.3) is 0 Å². The molecule has 0 aliphatic carbocycles. The van der Waals surface area contributed by atoms with Crippen LogP contribution in [0.15, 0.2) is 30.5 Å². The molecular formula is C14H18ClN3O. The first-order valence-corrected chi connectivity index (χ1v) is 6.51. The molecule has 1 aromatic heterocycles. The lowest BCUT2D eigenvalue weighted by Gasteiger charge is -2.18. The minimum atomic E-state index is 0.167. The smallest absolute Gasteiger partial charge is 0.122 e. The van der Waals surface area contributed by atoms with Crippen LogP contribution in [-0.2, 0) is 13.5 Å². The lowest BCUT2D eigenvalue weighted by Crippen LogP contribution is -2.21. The van der Waals surface area contributed by atoms with Gasteiger partial charge in [-0.05, 0) is 43.3 Å². The van der Waals surface area contributed by atoms with Gasteiger partial charge in [0.15, 0.2) is 0 Å². The van der Waals surface area contributed by atoms with Gasteiger partial charge in [-0.25, -0.2) is 0 Å². The Morgan fingerprint density at radius 3 is 2.79 bits per heavy atom. The number of nitrogens with zero attached hydrogens (tertiary/aromatic N) is 2. The van der Waals surface area contributed by atoms with Crippen LogP contribution in [-0.4, -0.2) is 23.9 Å². The number of benzene rings is 1. The molecule has 0 bridgehead atoms. The molecule has 5 heteroatoms. The monoisotopic (exact) mass is 279 g/mol. The maximum atomic E-state index is 6.06. The first kappa shape index (κ1) is 13.9. The third-order valence-corrected chi connectivity index (χ3v) is 3.47. The van der Waals surface area contributed by atoms with Gasteiger partial charge >= 0.3 is 0 Å². The van der Waals surface area contributed by atoms with Gasteiger partial charge in [-0.1, -0.05) is 11.6 Å². The maximum absolute atomic E-state index is 6.06. The van der Waals surface area contributed by atoms with Gasteiger partial charge in [-0.3, -0.25) is 4.68 Å². The zero-order valence-electron chi connectivity index (χ0n) is 11.4. The predicted octanol–water partition coefficient (Wildman–Crippen LogP) is 2.59. The first-order chi connectivity index (χ1) is 9.15. The van der Waals surface area contributed by atoms with Crippen molar-refractivity contribution < 1.29 is 4.74 Å². The van der Waals surface area contributed by atoms with Crippen LogP contribution in [0.1, 0.15) is 17.3 Å². The lowest BCUT2D eigenvalue weighted by molar-refractivity contribution is 0.405. The molecule has 1 heterocycles. The van der Waals surface area contributed by atoms with Crippen LogP contribution in [0.2, 0.25) is 5.02 Å². The second kappa shape index (κ2) is 6.08. The number of hydrogen-bond acceptors (Lipinski definition) is 3. The van der Waals surface area contributed by atoms with Gasteiger partial charge in [-0.15, -0.1) is 0 Å². The summed E-state index contributed by atoms with van der Waals surface area (Å²) >= 11 is 6.06. The summed E-state index contributed by atoms with van der Waals surface area (Å²) in [6.07, 6.45) is 2.59. The molecular weight excluding hydrogens is 262 g/mol. The molecule has 0 aliphatic heterocycles. The fraction of sp³-hybridized carbons (Fsp3) is 0.357. The fourth-order valence-corrected chi connectivity index (χ4v) is 2.40. The van der Waals surface area contributed by atoms with E-state index >= 15 is 0 Å². The van der Waals surface area contributed by atoms with E-state index in [1.165, 1.54) is 0 Å². The second-order valence-electron chi connectivity index (χ2n) is 4.38. The van der Waals surface area contributed by atoms with Crippen LogP contribution >= 0.6 is 11.6 Å². The number of ether oxygens (including phenoxy) is 1. The number of likely N-dealkylation sites (N-methyl/N-ethyl adjacent to an activating group) is 1. The highest BCUT2D eigenvalue weighted by molar-refractivity contribution is 6.30. The number of halogens is 1. The Morgan fingerprint density at radius 1 is 1.42 bits per heavy atom. The van der Waals surface area contributed by atoms with Crippen LogP contribution in [0.3, 0.4) is 0 Å². The van der Waals surface area contributed by atoms with Crippen molar-refractivity contribution in [1.29, 1.82) is 0 Å². The molecule has 1 N–H and O–H groups in total. The Bertz CT molecular complexity index is 553. The summed E-state index contributed by atoms with van der Waals surface area (Å²) in [6.45, 7) is 0. The molecule has 1 unspecified atom stereocenters. The quantitative estimate of drug-likeness (QED) is 0.914. The molecule has 2 rings (SSSR count). The van der Waals surface area contributed by atoms with Crippen molar-refractivity contribution in [2.75, 3.05) is 14.2 Å². The van der Waals surface area contributed by atoms with E-state index in [1.54, 1.807) is 13.3 Å². The Labute approximate surface area is 118 Å². The van der Waals surface area contributed by atoms with Crippen molar-refractivity contribution in [3.8, 4) is 5.75 Å². The molecule has 0 saturated carbocycles. The van der Waals surface area contributed by atoms with Gasteiger partial charge in [-0.2, -0.15) is 5.10 Å². The summed E-state index contributed by atoms with van der Waals surface area (Å²) in [5.41, 5.74) is 2.21. The Hall–Kier alpha value is -1.52. The zero-order valence-corrected chi connectivity index (χ0v) is 12.1. The van der Waals surface area contributed by atoms with E-state index in [4.69, 9.17) is 16.3 Å². The molecule has 0 spiro atoms. The third kappa shape index (κ3) is 3.08. The van der Waals surface area contributed by atoms with E-state index < -0.39 is 0 Å². The van der Waals surface area contributed by atoms with Gasteiger partial charge in [0, 0.05) is 18.3 Å². The SMILES string of the molecule is CNC(Cc1cc(Cl)ccc1OC)c1ccnn1C. The highest BCUT2D eigenvalue weighted by Crippen LogP contribution is 2.27. The summed E-state index contributed by atoms with van der Waals surface area (Å²) < 4.78 is 7.26. The van der Waals surface area contributed by atoms with Gasteiger partial charge in [0.1, 0.15) is 5.75 Å². The number of hydrogen-bond donors (Lipinski definition) is 1. The molecule has 1 aromatic carbocycles. The third-order valence-electron chi connectivity index (χ3n) is 3.23. The lowest BCUT2D eigenvalue weighted by atomic mass is 10.0. The number of aryl methyl sites for hydroxylation is 1. The van der Waals surface area contributed by atoms with E-state index in [-0.39, 0.29) is 6.04 Å². The second-order valence-corrected chi connectivity index (χ2v) is 4.82. The fourth-order valence-electron chi connectivity index (χ4n) is 2.21. The van der Waals surface area contributed by atoms with Crippen LogP contribution in [0, 0.1) is 0 Å². The number of nitrogens with one attached hydrogen (secondary N) is 1. The molecule has 2 aromatic rings. The summed E-state index contributed by atoms with van der Waals surface area (Å²) in [6, 6.07) is 7.86. The van der Waals surface area contributed by atoms with Gasteiger partial charge in [0.05, 0.1) is 18.8 Å². The van der Waals surface area contributed by atoms with Crippen molar-refractivity contribution in [3.05, 3.63) is 46.7 Å². The average molecular weight is 280 g/mol. The summed E-state index contributed by atoms with van der Waals surface area (Å²) in [7, 11) is 5.55. The normalized spacial score (nSPS) is 12.4. The van der Waals surface area contributed by atoms with Gasteiger partial charge < -0.3 is 10.1 Å². The van der Waals surface area contributed by atoms with Crippen molar-refractivity contribution in [3.63, 3.8) is 0 Å². The standard InChI is InChI=1S/C14H18ClN3O/c1-16-12(13-6-7-17-18(13)2)9-10-8-11(15)4-5-14(10)19-3/h4-8,12,16H,9H2,1-3H3. The first-order valence-electron chi connectivity index (χ1n) is 6.13. The van der Waals surface area contributed by atoms with E-state index in [0.717, 1.165) is 28.5 Å².